The van der Waals surface area contributed by atoms with Crippen LogP contribution in [-0.2, 0) is 0 Å². The number of likely N-dealkylation sites (tertiary alicyclic amines) is 2. The predicted octanol–water partition coefficient (Wildman–Crippen LogP) is 0.908. The maximum absolute atomic E-state index is 3.38. The van der Waals surface area contributed by atoms with Crippen molar-refractivity contribution in [2.45, 2.75) is 44.2 Å². The lowest BCUT2D eigenvalue weighted by Gasteiger charge is -2.45. The van der Waals surface area contributed by atoms with Gasteiger partial charge in [-0.3, -0.25) is 4.90 Å². The molecular formula is C13H25N3. The number of hydrogen-bond acceptors (Lipinski definition) is 3. The van der Waals surface area contributed by atoms with E-state index < -0.39 is 0 Å². The van der Waals surface area contributed by atoms with E-state index in [1.807, 2.05) is 0 Å². The van der Waals surface area contributed by atoms with Gasteiger partial charge in [0.05, 0.1) is 0 Å². The highest BCUT2D eigenvalue weighted by atomic mass is 15.3. The van der Waals surface area contributed by atoms with Gasteiger partial charge >= 0.3 is 0 Å². The van der Waals surface area contributed by atoms with Crippen LogP contribution < -0.4 is 5.32 Å². The van der Waals surface area contributed by atoms with E-state index in [0.717, 1.165) is 12.1 Å². The van der Waals surface area contributed by atoms with Crippen LogP contribution in [0.5, 0.6) is 0 Å². The summed E-state index contributed by atoms with van der Waals surface area (Å²) in [6.45, 7) is 7.88. The molecule has 3 saturated heterocycles. The van der Waals surface area contributed by atoms with Crippen LogP contribution in [0.2, 0.25) is 0 Å². The van der Waals surface area contributed by atoms with Crippen LogP contribution in [0.4, 0.5) is 0 Å². The Kier molecular flexibility index (Phi) is 3.46. The molecule has 92 valence electrons. The van der Waals surface area contributed by atoms with Crippen LogP contribution >= 0.6 is 0 Å². The van der Waals surface area contributed by atoms with Crippen molar-refractivity contribution in [3.63, 3.8) is 0 Å². The number of nitrogens with zero attached hydrogens (tertiary/aromatic N) is 2. The third kappa shape index (κ3) is 2.27. The van der Waals surface area contributed by atoms with E-state index in [9.17, 15) is 0 Å². The van der Waals surface area contributed by atoms with E-state index in [1.165, 1.54) is 71.4 Å². The van der Waals surface area contributed by atoms with E-state index in [4.69, 9.17) is 0 Å². The molecule has 0 aromatic carbocycles. The maximum Gasteiger partial charge on any atom is 0.0345 e. The molecule has 0 atom stereocenters. The first kappa shape index (κ1) is 11.0. The Hall–Kier alpha value is -0.120. The number of hydrogen-bond donors (Lipinski definition) is 1. The summed E-state index contributed by atoms with van der Waals surface area (Å²) in [7, 11) is 0. The second-order valence-electron chi connectivity index (χ2n) is 5.68. The van der Waals surface area contributed by atoms with Gasteiger partial charge in [0, 0.05) is 38.3 Å². The Morgan fingerprint density at radius 2 is 1.31 bits per heavy atom. The summed E-state index contributed by atoms with van der Waals surface area (Å²) in [6.07, 6.45) is 7.16. The van der Waals surface area contributed by atoms with Crippen LogP contribution in [0, 0.1) is 0 Å². The minimum absolute atomic E-state index is 0.863. The first-order chi connectivity index (χ1) is 7.93. The Labute approximate surface area is 99.2 Å². The molecule has 3 aliphatic rings. The minimum Gasteiger partial charge on any atom is -0.314 e. The van der Waals surface area contributed by atoms with Crippen molar-refractivity contribution in [2.24, 2.45) is 0 Å². The molecule has 0 bridgehead atoms. The fraction of sp³-hybridized carbons (Fsp3) is 1.00. The minimum atomic E-state index is 0.863. The summed E-state index contributed by atoms with van der Waals surface area (Å²) in [6, 6.07) is 1.77. The fourth-order valence-corrected chi connectivity index (χ4v) is 3.43. The van der Waals surface area contributed by atoms with Crippen molar-refractivity contribution in [3.8, 4) is 0 Å². The highest BCUT2D eigenvalue weighted by Gasteiger charge is 2.30. The normalized spacial score (nSPS) is 31.5. The fourth-order valence-electron chi connectivity index (χ4n) is 3.43. The molecule has 0 amide bonds. The van der Waals surface area contributed by atoms with Crippen molar-refractivity contribution < 1.29 is 0 Å². The molecular weight excluding hydrogens is 198 g/mol. The van der Waals surface area contributed by atoms with Gasteiger partial charge in [-0.1, -0.05) is 6.42 Å². The van der Waals surface area contributed by atoms with Crippen LogP contribution in [0.1, 0.15) is 32.1 Å². The van der Waals surface area contributed by atoms with Gasteiger partial charge in [-0.15, -0.1) is 0 Å². The van der Waals surface area contributed by atoms with Gasteiger partial charge < -0.3 is 10.2 Å². The largest absolute Gasteiger partial charge is 0.314 e. The zero-order valence-electron chi connectivity index (χ0n) is 10.3. The van der Waals surface area contributed by atoms with E-state index in [-0.39, 0.29) is 0 Å². The van der Waals surface area contributed by atoms with Gasteiger partial charge in [0.25, 0.3) is 0 Å². The zero-order valence-corrected chi connectivity index (χ0v) is 10.3. The molecule has 3 heteroatoms. The molecule has 3 fully saturated rings. The number of nitrogens with one attached hydrogen (secondary N) is 1. The molecule has 0 radical (unpaired) electrons. The van der Waals surface area contributed by atoms with Crippen molar-refractivity contribution in [3.05, 3.63) is 0 Å². The van der Waals surface area contributed by atoms with Gasteiger partial charge in [0.15, 0.2) is 0 Å². The molecule has 3 aliphatic heterocycles. The average molecular weight is 223 g/mol. The van der Waals surface area contributed by atoms with Crippen molar-refractivity contribution in [2.75, 3.05) is 39.3 Å². The molecule has 0 aromatic rings. The van der Waals surface area contributed by atoms with Crippen LogP contribution in [-0.4, -0.2) is 61.2 Å². The van der Waals surface area contributed by atoms with Gasteiger partial charge in [-0.25, -0.2) is 0 Å². The standard InChI is InChI=1S/C13H25N3/c1-2-6-15(7-3-1)12-4-8-16(9-5-12)13-10-14-11-13/h12-14H,1-11H2. The van der Waals surface area contributed by atoms with E-state index in [2.05, 4.69) is 15.1 Å². The summed E-state index contributed by atoms with van der Waals surface area (Å²) >= 11 is 0. The molecule has 0 aliphatic carbocycles. The molecule has 3 nitrogen and oxygen atoms in total. The average Bonchev–Trinajstić information content (AvgIpc) is 2.29. The molecule has 16 heavy (non-hydrogen) atoms. The Morgan fingerprint density at radius 1 is 0.688 bits per heavy atom. The smallest absolute Gasteiger partial charge is 0.0345 e. The third-order valence-electron chi connectivity index (χ3n) is 4.68. The van der Waals surface area contributed by atoms with E-state index >= 15 is 0 Å². The third-order valence-corrected chi connectivity index (χ3v) is 4.68. The highest BCUT2D eigenvalue weighted by Crippen LogP contribution is 2.22. The number of rotatable bonds is 2. The summed E-state index contributed by atoms with van der Waals surface area (Å²) < 4.78 is 0. The molecule has 0 aromatic heterocycles. The lowest BCUT2D eigenvalue weighted by Crippen LogP contribution is -2.60. The topological polar surface area (TPSA) is 18.5 Å². The van der Waals surface area contributed by atoms with Gasteiger partial charge in [0.2, 0.25) is 0 Å². The van der Waals surface area contributed by atoms with Crippen LogP contribution in [0.15, 0.2) is 0 Å². The van der Waals surface area contributed by atoms with Gasteiger partial charge in [0.1, 0.15) is 0 Å². The van der Waals surface area contributed by atoms with Crippen LogP contribution in [0.25, 0.3) is 0 Å². The molecule has 3 rings (SSSR count). The molecule has 1 N–H and O–H groups in total. The van der Waals surface area contributed by atoms with E-state index in [0.29, 0.717) is 0 Å². The summed E-state index contributed by atoms with van der Waals surface area (Å²) in [5.41, 5.74) is 0. The summed E-state index contributed by atoms with van der Waals surface area (Å²) in [5.74, 6) is 0. The van der Waals surface area contributed by atoms with Crippen molar-refractivity contribution in [1.29, 1.82) is 0 Å². The van der Waals surface area contributed by atoms with Crippen molar-refractivity contribution >= 4 is 0 Å². The maximum atomic E-state index is 3.38. The summed E-state index contributed by atoms with van der Waals surface area (Å²) in [5, 5.41) is 3.38. The van der Waals surface area contributed by atoms with Crippen LogP contribution in [0.3, 0.4) is 0 Å². The van der Waals surface area contributed by atoms with Gasteiger partial charge in [-0.2, -0.15) is 0 Å². The lowest BCUT2D eigenvalue weighted by atomic mass is 9.97. The lowest BCUT2D eigenvalue weighted by molar-refractivity contribution is 0.0573. The second-order valence-corrected chi connectivity index (χ2v) is 5.68. The monoisotopic (exact) mass is 223 g/mol. The Balaban J connectivity index is 1.45. The van der Waals surface area contributed by atoms with Gasteiger partial charge in [-0.05, 0) is 38.8 Å². The first-order valence-electron chi connectivity index (χ1n) is 7.12. The quantitative estimate of drug-likeness (QED) is 0.751. The molecule has 0 spiro atoms. The zero-order chi connectivity index (χ0) is 10.8. The molecule has 3 heterocycles. The number of piperidine rings is 2. The van der Waals surface area contributed by atoms with E-state index in [1.54, 1.807) is 0 Å². The SMILES string of the molecule is C1CCN(C2CCN(C3CNC3)CC2)CC1. The molecule has 0 saturated carbocycles. The Morgan fingerprint density at radius 3 is 1.88 bits per heavy atom. The second kappa shape index (κ2) is 5.03. The highest BCUT2D eigenvalue weighted by molar-refractivity contribution is 4.89. The summed E-state index contributed by atoms with van der Waals surface area (Å²) in [4.78, 5) is 5.47. The van der Waals surface area contributed by atoms with Crippen molar-refractivity contribution in [1.82, 2.24) is 15.1 Å². The Bertz CT molecular complexity index is 213. The predicted molar refractivity (Wildman–Crippen MR) is 66.7 cm³/mol. The first-order valence-corrected chi connectivity index (χ1v) is 7.12. The molecule has 0 unspecified atom stereocenters.